The molecule has 5 aliphatic rings. The van der Waals surface area contributed by atoms with Gasteiger partial charge in [0.15, 0.2) is 5.78 Å². The van der Waals surface area contributed by atoms with Crippen molar-refractivity contribution in [1.82, 2.24) is 0 Å². The number of ketones is 1. The molecule has 5 rings (SSSR count). The molecule has 0 aromatic heterocycles. The molecular weight excluding hydrogens is 464 g/mol. The van der Waals surface area contributed by atoms with Gasteiger partial charge in [0.2, 0.25) is 0 Å². The molecule has 0 radical (unpaired) electrons. The molecule has 0 heterocycles. The molecule has 11 atom stereocenters. The Balaban J connectivity index is 1.44. The lowest BCUT2D eigenvalue weighted by atomic mass is 9.41. The van der Waals surface area contributed by atoms with Crippen molar-refractivity contribution in [3.8, 4) is 0 Å². The molecule has 5 aliphatic carbocycles. The third-order valence-corrected chi connectivity index (χ3v) is 13.7. The molecule has 37 heavy (non-hydrogen) atoms. The molecule has 5 heteroatoms. The number of rotatable bonds is 6. The maximum Gasteiger partial charge on any atom is 0.314 e. The van der Waals surface area contributed by atoms with E-state index in [1.165, 1.54) is 7.11 Å². The molecule has 0 aliphatic heterocycles. The number of carbonyl (C=O) groups is 2. The van der Waals surface area contributed by atoms with E-state index in [0.29, 0.717) is 24.2 Å². The number of methoxy groups -OCH3 is 1. The fraction of sp³-hybridized carbons (Fsp3) is 0.875. The second-order valence-corrected chi connectivity index (χ2v) is 14.9. The Morgan fingerprint density at radius 1 is 0.946 bits per heavy atom. The van der Waals surface area contributed by atoms with Crippen LogP contribution in [0.3, 0.4) is 0 Å². The topological polar surface area (TPSA) is 83.8 Å². The molecule has 0 saturated heterocycles. The van der Waals surface area contributed by atoms with Crippen LogP contribution in [0.15, 0.2) is 12.2 Å². The SMILES string of the molecule is C=C(C(=O)C[C@H](C)[C@H]1CC[C@@]2(C)[C@@H]3CC[C@H]4[C@](C)(C(=O)OC)[C@@H](O)C[C@H](O)[C@@]45C[C@@]35CC[C@]12C)C(C)C. The van der Waals surface area contributed by atoms with E-state index in [9.17, 15) is 19.8 Å². The summed E-state index contributed by atoms with van der Waals surface area (Å²) in [5.41, 5.74) is -0.163. The summed E-state index contributed by atoms with van der Waals surface area (Å²) in [5.74, 6) is 1.37. The Hall–Kier alpha value is -1.20. The van der Waals surface area contributed by atoms with Gasteiger partial charge >= 0.3 is 5.97 Å². The standard InChI is InChI=1S/C32H50O5/c1-18(2)20(4)22(33)15-19(3)21-11-12-29(6)23-9-10-24-30(7,27(36)37-8)25(34)16-26(35)32(24)17-31(23,32)14-13-28(21,29)5/h18-19,21,23-26,34-35H,4,9-17H2,1-3,5-8H3/t19-,21+,23-,24-,25-,26-,28+,29-,30-,31-,32+/m0/s1. The molecule has 2 spiro atoms. The van der Waals surface area contributed by atoms with Crippen molar-refractivity contribution in [2.45, 2.75) is 112 Å². The lowest BCUT2D eigenvalue weighted by Crippen LogP contribution is -2.63. The smallest absolute Gasteiger partial charge is 0.314 e. The van der Waals surface area contributed by atoms with E-state index in [0.717, 1.165) is 50.5 Å². The van der Waals surface area contributed by atoms with Crippen molar-refractivity contribution < 1.29 is 24.5 Å². The zero-order valence-corrected chi connectivity index (χ0v) is 24.2. The van der Waals surface area contributed by atoms with Crippen molar-refractivity contribution in [3.05, 3.63) is 12.2 Å². The van der Waals surface area contributed by atoms with Gasteiger partial charge in [0.05, 0.1) is 24.7 Å². The van der Waals surface area contributed by atoms with Crippen LogP contribution >= 0.6 is 0 Å². The van der Waals surface area contributed by atoms with Gasteiger partial charge in [-0.15, -0.1) is 0 Å². The summed E-state index contributed by atoms with van der Waals surface area (Å²) < 4.78 is 5.24. The highest BCUT2D eigenvalue weighted by atomic mass is 16.5. The maximum atomic E-state index is 13.1. The third-order valence-electron chi connectivity index (χ3n) is 13.7. The highest BCUT2D eigenvalue weighted by molar-refractivity contribution is 5.95. The largest absolute Gasteiger partial charge is 0.469 e. The molecular formula is C32H50O5. The second-order valence-electron chi connectivity index (χ2n) is 14.9. The van der Waals surface area contributed by atoms with Gasteiger partial charge < -0.3 is 14.9 Å². The quantitative estimate of drug-likeness (QED) is 0.350. The number of ether oxygens (including phenoxy) is 1. The number of hydrogen-bond donors (Lipinski definition) is 2. The summed E-state index contributed by atoms with van der Waals surface area (Å²) in [6.07, 6.45) is 6.74. The summed E-state index contributed by atoms with van der Waals surface area (Å²) in [6.45, 7) is 17.3. The number of aliphatic hydroxyl groups excluding tert-OH is 2. The van der Waals surface area contributed by atoms with Crippen molar-refractivity contribution in [2.24, 2.45) is 56.7 Å². The summed E-state index contributed by atoms with van der Waals surface area (Å²) >= 11 is 0. The molecule has 0 bridgehead atoms. The summed E-state index contributed by atoms with van der Waals surface area (Å²) in [7, 11) is 1.42. The van der Waals surface area contributed by atoms with E-state index in [4.69, 9.17) is 4.74 Å². The van der Waals surface area contributed by atoms with Crippen LogP contribution in [0.25, 0.3) is 0 Å². The lowest BCUT2D eigenvalue weighted by Gasteiger charge is -2.63. The van der Waals surface area contributed by atoms with Crippen LogP contribution in [0.5, 0.6) is 0 Å². The average Bonchev–Trinajstić information content (AvgIpc) is 3.46. The first-order valence-corrected chi connectivity index (χ1v) is 14.8. The molecule has 5 nitrogen and oxygen atoms in total. The Morgan fingerprint density at radius 2 is 1.59 bits per heavy atom. The van der Waals surface area contributed by atoms with Crippen LogP contribution < -0.4 is 0 Å². The van der Waals surface area contributed by atoms with Gasteiger partial charge in [-0.1, -0.05) is 41.2 Å². The highest BCUT2D eigenvalue weighted by Crippen LogP contribution is 2.89. The van der Waals surface area contributed by atoms with Crippen LogP contribution in [0.1, 0.15) is 99.3 Å². The molecule has 2 N–H and O–H groups in total. The van der Waals surface area contributed by atoms with E-state index in [1.807, 2.05) is 20.8 Å². The second kappa shape index (κ2) is 8.40. The van der Waals surface area contributed by atoms with E-state index in [2.05, 4.69) is 27.4 Å². The minimum Gasteiger partial charge on any atom is -0.469 e. The fourth-order valence-corrected chi connectivity index (χ4v) is 11.4. The van der Waals surface area contributed by atoms with Gasteiger partial charge in [-0.25, -0.2) is 0 Å². The normalized spacial score (nSPS) is 50.8. The minimum atomic E-state index is -0.962. The Bertz CT molecular complexity index is 1000. The van der Waals surface area contributed by atoms with Crippen molar-refractivity contribution in [1.29, 1.82) is 0 Å². The van der Waals surface area contributed by atoms with Gasteiger partial charge in [-0.2, -0.15) is 0 Å². The van der Waals surface area contributed by atoms with Crippen molar-refractivity contribution >= 4 is 11.8 Å². The average molecular weight is 515 g/mol. The number of hydrogen-bond acceptors (Lipinski definition) is 5. The Morgan fingerprint density at radius 3 is 2.22 bits per heavy atom. The zero-order valence-electron chi connectivity index (χ0n) is 24.2. The summed E-state index contributed by atoms with van der Waals surface area (Å²) in [4.78, 5) is 26.0. The lowest BCUT2D eigenvalue weighted by molar-refractivity contribution is -0.212. The molecule has 0 amide bonds. The van der Waals surface area contributed by atoms with E-state index >= 15 is 0 Å². The first-order chi connectivity index (χ1) is 17.2. The van der Waals surface area contributed by atoms with Gasteiger partial charge in [0, 0.05) is 18.3 Å². The number of Topliss-reactive ketones (excluding diaryl/α,β-unsaturated/α-hetero) is 1. The number of carbonyl (C=O) groups excluding carboxylic acids is 2. The van der Waals surface area contributed by atoms with Crippen LogP contribution in [-0.4, -0.2) is 41.3 Å². The van der Waals surface area contributed by atoms with E-state index < -0.39 is 17.6 Å². The van der Waals surface area contributed by atoms with Crippen LogP contribution in [0.4, 0.5) is 0 Å². The minimum absolute atomic E-state index is 0.0406. The number of aliphatic hydroxyl groups is 2. The third kappa shape index (κ3) is 3.16. The summed E-state index contributed by atoms with van der Waals surface area (Å²) in [6, 6.07) is 0. The summed E-state index contributed by atoms with van der Waals surface area (Å²) in [5, 5.41) is 22.6. The molecule has 5 fully saturated rings. The Labute approximate surface area is 223 Å². The molecule has 0 aromatic rings. The van der Waals surface area contributed by atoms with E-state index in [1.54, 1.807) is 0 Å². The molecule has 5 saturated carbocycles. The van der Waals surface area contributed by atoms with Gasteiger partial charge in [0.25, 0.3) is 0 Å². The molecule has 0 unspecified atom stereocenters. The first-order valence-electron chi connectivity index (χ1n) is 14.8. The predicted octanol–water partition coefficient (Wildman–Crippen LogP) is 5.72. The zero-order chi connectivity index (χ0) is 27.3. The van der Waals surface area contributed by atoms with Gasteiger partial charge in [-0.05, 0) is 103 Å². The van der Waals surface area contributed by atoms with E-state index in [-0.39, 0.29) is 51.7 Å². The number of fused-ring (bicyclic) bond motifs is 2. The predicted molar refractivity (Wildman–Crippen MR) is 143 cm³/mol. The molecule has 208 valence electrons. The number of esters is 1. The first kappa shape index (κ1) is 27.4. The van der Waals surface area contributed by atoms with Crippen molar-refractivity contribution in [2.75, 3.05) is 7.11 Å². The maximum absolute atomic E-state index is 13.1. The van der Waals surface area contributed by atoms with Crippen molar-refractivity contribution in [3.63, 3.8) is 0 Å². The van der Waals surface area contributed by atoms with Gasteiger partial charge in [-0.3, -0.25) is 9.59 Å². The monoisotopic (exact) mass is 514 g/mol. The van der Waals surface area contributed by atoms with Crippen LogP contribution in [0, 0.1) is 56.7 Å². The highest BCUT2D eigenvalue weighted by Gasteiger charge is 2.85. The number of allylic oxidation sites excluding steroid dienone is 1. The molecule has 0 aromatic carbocycles. The van der Waals surface area contributed by atoms with Gasteiger partial charge in [0.1, 0.15) is 0 Å². The Kier molecular flexibility index (Phi) is 6.21. The fourth-order valence-electron chi connectivity index (χ4n) is 11.4. The van der Waals surface area contributed by atoms with Crippen LogP contribution in [0.2, 0.25) is 0 Å². The van der Waals surface area contributed by atoms with Crippen LogP contribution in [-0.2, 0) is 14.3 Å².